The maximum atomic E-state index is 13.1. The second-order valence-electron chi connectivity index (χ2n) is 8.48. The number of nitrogens with zero attached hydrogens (tertiary/aromatic N) is 1. The van der Waals surface area contributed by atoms with Gasteiger partial charge in [0.05, 0.1) is 22.4 Å². The van der Waals surface area contributed by atoms with Gasteiger partial charge in [-0.3, -0.25) is 14.4 Å². The van der Waals surface area contributed by atoms with Gasteiger partial charge in [0, 0.05) is 5.56 Å². The molecule has 0 unspecified atom stereocenters. The molecule has 5 rings (SSSR count). The summed E-state index contributed by atoms with van der Waals surface area (Å²) in [7, 11) is 0. The lowest BCUT2D eigenvalue weighted by molar-refractivity contribution is 0.0474. The van der Waals surface area contributed by atoms with E-state index in [1.807, 2.05) is 37.3 Å². The fourth-order valence-corrected chi connectivity index (χ4v) is 3.93. The van der Waals surface area contributed by atoms with Crippen LogP contribution in [0.1, 0.15) is 47.0 Å². The van der Waals surface area contributed by atoms with E-state index in [9.17, 15) is 19.2 Å². The number of amides is 2. The molecule has 0 radical (unpaired) electrons. The Morgan fingerprint density at radius 1 is 0.703 bits per heavy atom. The number of esters is 1. The predicted octanol–water partition coefficient (Wildman–Crippen LogP) is 5.63. The first-order valence-electron chi connectivity index (χ1n) is 11.5. The third-order valence-electron chi connectivity index (χ3n) is 5.90. The summed E-state index contributed by atoms with van der Waals surface area (Å²) in [6, 6.07) is 26.9. The van der Waals surface area contributed by atoms with Crippen molar-refractivity contribution in [1.82, 2.24) is 0 Å². The maximum Gasteiger partial charge on any atom is 0.338 e. The van der Waals surface area contributed by atoms with Crippen LogP contribution in [0.15, 0.2) is 97.1 Å². The van der Waals surface area contributed by atoms with Crippen molar-refractivity contribution in [3.05, 3.63) is 125 Å². The first kappa shape index (κ1) is 23.7. The molecule has 0 saturated heterocycles. The van der Waals surface area contributed by atoms with E-state index >= 15 is 0 Å². The third kappa shape index (κ3) is 4.88. The third-order valence-corrected chi connectivity index (χ3v) is 5.90. The summed E-state index contributed by atoms with van der Waals surface area (Å²) in [6.07, 6.45) is 0. The van der Waals surface area contributed by atoms with Crippen LogP contribution in [-0.4, -0.2) is 30.2 Å². The Kier molecular flexibility index (Phi) is 6.34. The van der Waals surface area contributed by atoms with Gasteiger partial charge in [0.25, 0.3) is 11.8 Å². The molecule has 0 atom stereocenters. The molecule has 4 aromatic rings. The van der Waals surface area contributed by atoms with Crippen molar-refractivity contribution >= 4 is 29.3 Å². The molecule has 0 saturated carbocycles. The molecule has 0 N–H and O–H groups in total. The summed E-state index contributed by atoms with van der Waals surface area (Å²) < 4.78 is 10.9. The highest BCUT2D eigenvalue weighted by Gasteiger charge is 2.37. The van der Waals surface area contributed by atoms with Gasteiger partial charge in [-0.1, -0.05) is 48.0 Å². The number of benzene rings is 4. The van der Waals surface area contributed by atoms with Crippen molar-refractivity contribution in [1.29, 1.82) is 0 Å². The fourth-order valence-electron chi connectivity index (χ4n) is 3.93. The van der Waals surface area contributed by atoms with Crippen LogP contribution in [0.3, 0.4) is 0 Å². The lowest BCUT2D eigenvalue weighted by atomic mass is 10.1. The van der Waals surface area contributed by atoms with Crippen molar-refractivity contribution < 1.29 is 28.7 Å². The molecule has 0 bridgehead atoms. The Hall–Kier alpha value is -5.04. The highest BCUT2D eigenvalue weighted by atomic mass is 16.5. The smallest absolute Gasteiger partial charge is 0.338 e. The van der Waals surface area contributed by atoms with Crippen LogP contribution < -0.4 is 9.64 Å². The number of carbonyl (C=O) groups is 4. The molecule has 0 aliphatic carbocycles. The lowest BCUT2D eigenvalue weighted by Crippen LogP contribution is -2.29. The monoisotopic (exact) mass is 491 g/mol. The number of fused-ring (bicyclic) bond motifs is 1. The minimum absolute atomic E-state index is 0.0741. The SMILES string of the molecule is Cc1ccc(C(=O)COC(=O)c2ccc3c(c2)C(=O)N(c2ccc(Oc4ccccc4)cc2)C3=O)cc1. The first-order valence-corrected chi connectivity index (χ1v) is 11.5. The zero-order valence-electron chi connectivity index (χ0n) is 19.8. The van der Waals surface area contributed by atoms with E-state index in [0.717, 1.165) is 10.5 Å². The van der Waals surface area contributed by atoms with Crippen LogP contribution >= 0.6 is 0 Å². The molecule has 2 amide bonds. The minimum atomic E-state index is -0.760. The highest BCUT2D eigenvalue weighted by Crippen LogP contribution is 2.31. The number of rotatable bonds is 7. The molecular formula is C30H21NO6. The fraction of sp³-hybridized carbons (Fsp3) is 0.0667. The lowest BCUT2D eigenvalue weighted by Gasteiger charge is -2.14. The summed E-state index contributed by atoms with van der Waals surface area (Å²) in [5.41, 5.74) is 2.17. The quantitative estimate of drug-likeness (QED) is 0.189. The van der Waals surface area contributed by atoms with Crippen LogP contribution in [0, 0.1) is 6.92 Å². The Bertz CT molecular complexity index is 1510. The van der Waals surface area contributed by atoms with Crippen molar-refractivity contribution in [2.45, 2.75) is 6.92 Å². The summed E-state index contributed by atoms with van der Waals surface area (Å²) in [5, 5.41) is 0. The average molecular weight is 491 g/mol. The van der Waals surface area contributed by atoms with Gasteiger partial charge in [-0.05, 0) is 61.5 Å². The largest absolute Gasteiger partial charge is 0.457 e. The van der Waals surface area contributed by atoms with Crippen molar-refractivity contribution in [3.8, 4) is 11.5 Å². The number of imide groups is 1. The number of para-hydroxylation sites is 1. The second kappa shape index (κ2) is 9.91. The van der Waals surface area contributed by atoms with Crippen molar-refractivity contribution in [2.24, 2.45) is 0 Å². The topological polar surface area (TPSA) is 90.0 Å². The first-order chi connectivity index (χ1) is 17.9. The van der Waals surface area contributed by atoms with Gasteiger partial charge in [0.2, 0.25) is 0 Å². The van der Waals surface area contributed by atoms with Gasteiger partial charge in [0.15, 0.2) is 12.4 Å². The van der Waals surface area contributed by atoms with Gasteiger partial charge in [-0.2, -0.15) is 0 Å². The van der Waals surface area contributed by atoms with E-state index in [-0.39, 0.29) is 22.5 Å². The number of hydrogen-bond acceptors (Lipinski definition) is 6. The van der Waals surface area contributed by atoms with E-state index in [1.165, 1.54) is 18.2 Å². The summed E-state index contributed by atoms with van der Waals surface area (Å²) in [5.74, 6) is -0.933. The number of anilines is 1. The van der Waals surface area contributed by atoms with Crippen LogP contribution in [0.5, 0.6) is 11.5 Å². The molecule has 1 aliphatic rings. The van der Waals surface area contributed by atoms with E-state index in [1.54, 1.807) is 48.5 Å². The molecule has 37 heavy (non-hydrogen) atoms. The zero-order valence-corrected chi connectivity index (χ0v) is 19.8. The van der Waals surface area contributed by atoms with Crippen LogP contribution in [0.25, 0.3) is 0 Å². The Labute approximate surface area is 212 Å². The van der Waals surface area contributed by atoms with Gasteiger partial charge < -0.3 is 9.47 Å². The summed E-state index contributed by atoms with van der Waals surface area (Å²) in [4.78, 5) is 52.0. The number of aryl methyl sites for hydroxylation is 1. The number of ketones is 1. The number of carbonyl (C=O) groups excluding carboxylic acids is 4. The van der Waals surface area contributed by atoms with Crippen LogP contribution in [-0.2, 0) is 4.74 Å². The molecule has 182 valence electrons. The average Bonchev–Trinajstić information content (AvgIpc) is 3.17. The van der Waals surface area contributed by atoms with Crippen LogP contribution in [0.4, 0.5) is 5.69 Å². The highest BCUT2D eigenvalue weighted by molar-refractivity contribution is 6.34. The molecular weight excluding hydrogens is 470 g/mol. The zero-order chi connectivity index (χ0) is 25.9. The van der Waals surface area contributed by atoms with Crippen molar-refractivity contribution in [2.75, 3.05) is 11.5 Å². The van der Waals surface area contributed by atoms with E-state index < -0.39 is 24.4 Å². The predicted molar refractivity (Wildman–Crippen MR) is 136 cm³/mol. The molecule has 0 fully saturated rings. The van der Waals surface area contributed by atoms with E-state index in [2.05, 4.69) is 0 Å². The van der Waals surface area contributed by atoms with Gasteiger partial charge in [-0.15, -0.1) is 0 Å². The summed E-state index contributed by atoms with van der Waals surface area (Å²) in [6.45, 7) is 1.47. The Morgan fingerprint density at radius 2 is 1.32 bits per heavy atom. The summed E-state index contributed by atoms with van der Waals surface area (Å²) >= 11 is 0. The molecule has 7 heteroatoms. The molecule has 0 aromatic heterocycles. The Balaban J connectivity index is 1.28. The maximum absolute atomic E-state index is 13.1. The van der Waals surface area contributed by atoms with Gasteiger partial charge in [-0.25, -0.2) is 9.69 Å². The van der Waals surface area contributed by atoms with Crippen molar-refractivity contribution in [3.63, 3.8) is 0 Å². The number of Topliss-reactive ketones (excluding diaryl/α,β-unsaturated/α-hetero) is 1. The second-order valence-corrected chi connectivity index (χ2v) is 8.48. The molecule has 1 heterocycles. The molecule has 7 nitrogen and oxygen atoms in total. The van der Waals surface area contributed by atoms with Crippen LogP contribution in [0.2, 0.25) is 0 Å². The molecule has 4 aromatic carbocycles. The van der Waals surface area contributed by atoms with E-state index in [4.69, 9.17) is 9.47 Å². The molecule has 1 aliphatic heterocycles. The number of ether oxygens (including phenoxy) is 2. The molecule has 0 spiro atoms. The number of hydrogen-bond donors (Lipinski definition) is 0. The normalized spacial score (nSPS) is 12.3. The van der Waals surface area contributed by atoms with Gasteiger partial charge >= 0.3 is 5.97 Å². The Morgan fingerprint density at radius 3 is 2.03 bits per heavy atom. The standard InChI is InChI=1S/C30H21NO6/c1-19-7-9-20(10-8-19)27(32)18-36-30(35)21-11-16-25-26(17-21)29(34)31(28(25)33)22-12-14-24(15-13-22)37-23-5-3-2-4-6-23/h2-17H,18H2,1H3. The van der Waals surface area contributed by atoms with E-state index in [0.29, 0.717) is 22.7 Å². The minimum Gasteiger partial charge on any atom is -0.457 e. The van der Waals surface area contributed by atoms with Gasteiger partial charge in [0.1, 0.15) is 11.5 Å².